The molecule has 0 saturated heterocycles. The van der Waals surface area contributed by atoms with E-state index in [9.17, 15) is 9.59 Å². The molecule has 1 aromatic carbocycles. The summed E-state index contributed by atoms with van der Waals surface area (Å²) in [6, 6.07) is 9.16. The van der Waals surface area contributed by atoms with Crippen LogP contribution in [-0.2, 0) is 9.59 Å². The normalized spacial score (nSPS) is 18.1. The topological polar surface area (TPSA) is 67.4 Å². The maximum atomic E-state index is 12.0. The van der Waals surface area contributed by atoms with Gasteiger partial charge < -0.3 is 10.2 Å². The molecule has 2 rings (SSSR count). The van der Waals surface area contributed by atoms with Crippen LogP contribution in [0, 0.1) is 5.41 Å². The fourth-order valence-electron chi connectivity index (χ4n) is 2.43. The largest absolute Gasteiger partial charge is 0.481 e. The van der Waals surface area contributed by atoms with Crippen LogP contribution in [0.1, 0.15) is 33.6 Å². The summed E-state index contributed by atoms with van der Waals surface area (Å²) < 4.78 is 5.54. The van der Waals surface area contributed by atoms with E-state index in [-0.39, 0.29) is 17.1 Å². The summed E-state index contributed by atoms with van der Waals surface area (Å²) in [5.74, 6) is 0.417. The van der Waals surface area contributed by atoms with Crippen molar-refractivity contribution in [3.05, 3.63) is 42.1 Å². The third-order valence-electron chi connectivity index (χ3n) is 3.43. The maximum Gasteiger partial charge on any atom is 0.279 e. The lowest BCUT2D eigenvalue weighted by molar-refractivity contribution is -0.128. The minimum Gasteiger partial charge on any atom is -0.481 e. The molecular weight excluding hydrogens is 280 g/mol. The predicted molar refractivity (Wildman–Crippen MR) is 83.9 cm³/mol. The van der Waals surface area contributed by atoms with E-state index in [1.807, 2.05) is 32.0 Å². The van der Waals surface area contributed by atoms with Crippen molar-refractivity contribution in [2.45, 2.75) is 39.7 Å². The molecule has 0 aromatic heterocycles. The zero-order valence-corrected chi connectivity index (χ0v) is 13.2. The summed E-state index contributed by atoms with van der Waals surface area (Å²) in [5, 5.41) is 0. The summed E-state index contributed by atoms with van der Waals surface area (Å²) in [6.07, 6.45) is 2.16. The molecule has 1 aromatic rings. The van der Waals surface area contributed by atoms with E-state index in [1.54, 1.807) is 25.1 Å². The second-order valence-electron chi connectivity index (χ2n) is 6.34. The third kappa shape index (κ3) is 4.62. The second-order valence-corrected chi connectivity index (χ2v) is 6.34. The number of hydrazine groups is 1. The van der Waals surface area contributed by atoms with Gasteiger partial charge in [0.05, 0.1) is 0 Å². The highest BCUT2D eigenvalue weighted by molar-refractivity contribution is 5.91. The summed E-state index contributed by atoms with van der Waals surface area (Å²) in [4.78, 5) is 23.7. The number of nitrogens with one attached hydrogen (secondary N) is 2. The molecule has 0 aliphatic heterocycles. The number of ketones is 1. The van der Waals surface area contributed by atoms with Gasteiger partial charge in [-0.25, -0.2) is 0 Å². The van der Waals surface area contributed by atoms with E-state index in [2.05, 4.69) is 10.9 Å². The Morgan fingerprint density at radius 3 is 2.55 bits per heavy atom. The van der Waals surface area contributed by atoms with Gasteiger partial charge in [-0.05, 0) is 30.9 Å². The molecule has 0 fully saturated rings. The molecule has 5 heteroatoms. The number of allylic oxidation sites excluding steroid dienone is 2. The Bertz CT molecular complexity index is 579. The number of amides is 1. The van der Waals surface area contributed by atoms with E-state index in [0.29, 0.717) is 18.6 Å². The van der Waals surface area contributed by atoms with Crippen LogP contribution in [0.5, 0.6) is 5.75 Å². The van der Waals surface area contributed by atoms with Gasteiger partial charge in [-0.2, -0.15) is 0 Å². The Balaban J connectivity index is 1.86. The van der Waals surface area contributed by atoms with Gasteiger partial charge in [0.25, 0.3) is 5.91 Å². The SMILES string of the molecule is CC(Oc1ccccc1)C(=O)NNC1=CC(=O)CC(C)(C)C1. The Labute approximate surface area is 130 Å². The van der Waals surface area contributed by atoms with Crippen LogP contribution in [-0.4, -0.2) is 17.8 Å². The van der Waals surface area contributed by atoms with Crippen LogP contribution in [0.4, 0.5) is 0 Å². The Hall–Kier alpha value is -2.30. The Morgan fingerprint density at radius 1 is 1.23 bits per heavy atom. The van der Waals surface area contributed by atoms with E-state index in [1.165, 1.54) is 0 Å². The van der Waals surface area contributed by atoms with E-state index >= 15 is 0 Å². The smallest absolute Gasteiger partial charge is 0.279 e. The molecule has 0 saturated carbocycles. The average Bonchev–Trinajstić information content (AvgIpc) is 2.43. The summed E-state index contributed by atoms with van der Waals surface area (Å²) >= 11 is 0. The quantitative estimate of drug-likeness (QED) is 0.819. The highest BCUT2D eigenvalue weighted by Crippen LogP contribution is 2.32. The molecule has 0 heterocycles. The number of carbonyl (C=O) groups is 2. The van der Waals surface area contributed by atoms with E-state index < -0.39 is 6.10 Å². The third-order valence-corrected chi connectivity index (χ3v) is 3.43. The average molecular weight is 302 g/mol. The number of rotatable bonds is 5. The first-order chi connectivity index (χ1) is 10.4. The molecule has 22 heavy (non-hydrogen) atoms. The lowest BCUT2D eigenvalue weighted by atomic mass is 9.79. The summed E-state index contributed by atoms with van der Waals surface area (Å²) in [7, 11) is 0. The van der Waals surface area contributed by atoms with Crippen LogP contribution in [0.25, 0.3) is 0 Å². The molecule has 0 bridgehead atoms. The van der Waals surface area contributed by atoms with Crippen LogP contribution in [0.3, 0.4) is 0 Å². The van der Waals surface area contributed by atoms with Crippen molar-refractivity contribution in [3.63, 3.8) is 0 Å². The molecule has 5 nitrogen and oxygen atoms in total. The summed E-state index contributed by atoms with van der Waals surface area (Å²) in [6.45, 7) is 5.74. The lowest BCUT2D eigenvalue weighted by Gasteiger charge is -2.29. The predicted octanol–water partition coefficient (Wildman–Crippen LogP) is 2.35. The molecule has 1 atom stereocenters. The number of ether oxygens (including phenoxy) is 1. The van der Waals surface area contributed by atoms with Gasteiger partial charge in [-0.1, -0.05) is 32.0 Å². The Kier molecular flexibility index (Phi) is 4.85. The standard InChI is InChI=1S/C17H22N2O3/c1-12(22-15-7-5-4-6-8-15)16(21)19-18-13-9-14(20)11-17(2,3)10-13/h4-9,12,18H,10-11H2,1-3H3,(H,19,21). The van der Waals surface area contributed by atoms with Crippen molar-refractivity contribution in [2.24, 2.45) is 5.41 Å². The molecule has 1 amide bonds. The van der Waals surface area contributed by atoms with Gasteiger partial charge in [-0.3, -0.25) is 15.0 Å². The van der Waals surface area contributed by atoms with Gasteiger partial charge in [0, 0.05) is 18.2 Å². The number of benzene rings is 1. The lowest BCUT2D eigenvalue weighted by Crippen LogP contribution is -2.45. The highest BCUT2D eigenvalue weighted by atomic mass is 16.5. The zero-order chi connectivity index (χ0) is 16.2. The number of para-hydroxylation sites is 1. The van der Waals surface area contributed by atoms with Gasteiger partial charge in [0.2, 0.25) is 0 Å². The van der Waals surface area contributed by atoms with Crippen LogP contribution < -0.4 is 15.6 Å². The molecule has 0 spiro atoms. The van der Waals surface area contributed by atoms with Gasteiger partial charge >= 0.3 is 0 Å². The van der Waals surface area contributed by atoms with Crippen molar-refractivity contribution in [2.75, 3.05) is 0 Å². The van der Waals surface area contributed by atoms with Crippen LogP contribution >= 0.6 is 0 Å². The first-order valence-electron chi connectivity index (χ1n) is 7.37. The zero-order valence-electron chi connectivity index (χ0n) is 13.2. The number of carbonyl (C=O) groups excluding carboxylic acids is 2. The van der Waals surface area contributed by atoms with E-state index in [0.717, 1.165) is 5.70 Å². The van der Waals surface area contributed by atoms with Gasteiger partial charge in [0.1, 0.15) is 5.75 Å². The van der Waals surface area contributed by atoms with Crippen molar-refractivity contribution < 1.29 is 14.3 Å². The van der Waals surface area contributed by atoms with Crippen molar-refractivity contribution >= 4 is 11.7 Å². The fourth-order valence-corrected chi connectivity index (χ4v) is 2.43. The molecular formula is C17H22N2O3. The fraction of sp³-hybridized carbons (Fsp3) is 0.412. The maximum absolute atomic E-state index is 12.0. The van der Waals surface area contributed by atoms with Gasteiger partial charge in [-0.15, -0.1) is 0 Å². The van der Waals surface area contributed by atoms with Gasteiger partial charge in [0.15, 0.2) is 11.9 Å². The second kappa shape index (κ2) is 6.64. The molecule has 1 unspecified atom stereocenters. The molecule has 118 valence electrons. The number of hydrogen-bond acceptors (Lipinski definition) is 4. The van der Waals surface area contributed by atoms with Crippen LogP contribution in [0.15, 0.2) is 42.1 Å². The monoisotopic (exact) mass is 302 g/mol. The number of hydrogen-bond donors (Lipinski definition) is 2. The first-order valence-corrected chi connectivity index (χ1v) is 7.37. The highest BCUT2D eigenvalue weighted by Gasteiger charge is 2.27. The molecule has 2 N–H and O–H groups in total. The van der Waals surface area contributed by atoms with Crippen molar-refractivity contribution in [3.8, 4) is 5.75 Å². The van der Waals surface area contributed by atoms with Crippen molar-refractivity contribution in [1.29, 1.82) is 0 Å². The van der Waals surface area contributed by atoms with Crippen LogP contribution in [0.2, 0.25) is 0 Å². The summed E-state index contributed by atoms with van der Waals surface area (Å²) in [5.41, 5.74) is 6.06. The first kappa shape index (κ1) is 16.1. The van der Waals surface area contributed by atoms with E-state index in [4.69, 9.17) is 4.74 Å². The minimum absolute atomic E-state index is 0.0709. The van der Waals surface area contributed by atoms with Crippen molar-refractivity contribution in [1.82, 2.24) is 10.9 Å². The molecule has 1 aliphatic rings. The minimum atomic E-state index is -0.636. The Morgan fingerprint density at radius 2 is 1.91 bits per heavy atom. The molecule has 1 aliphatic carbocycles. The molecule has 0 radical (unpaired) electrons.